The summed E-state index contributed by atoms with van der Waals surface area (Å²) in [5.74, 6) is -0.0486. The number of likely N-dealkylation sites (N-methyl/N-ethyl adjacent to an activating group) is 1. The molecule has 2 saturated heterocycles. The van der Waals surface area contributed by atoms with Gasteiger partial charge in [0.05, 0.1) is 13.2 Å². The fraction of sp³-hybridized carbons (Fsp3) is 0.812. The third kappa shape index (κ3) is 3.70. The molecule has 3 rings (SSSR count). The zero-order valence-electron chi connectivity index (χ0n) is 15.0. The highest BCUT2D eigenvalue weighted by Crippen LogP contribution is 2.35. The van der Waals surface area contributed by atoms with E-state index < -0.39 is 22.9 Å². The fourth-order valence-corrected chi connectivity index (χ4v) is 4.07. The van der Waals surface area contributed by atoms with E-state index in [1.54, 1.807) is 0 Å². The summed E-state index contributed by atoms with van der Waals surface area (Å²) < 4.78 is 10.4. The zero-order valence-corrected chi connectivity index (χ0v) is 15.8. The van der Waals surface area contributed by atoms with Gasteiger partial charge in [0.2, 0.25) is 0 Å². The van der Waals surface area contributed by atoms with Crippen LogP contribution in [0.15, 0.2) is 0 Å². The topological polar surface area (TPSA) is 87.6 Å². The maximum Gasteiger partial charge on any atom is 0.339 e. The largest absolute Gasteiger partial charge is 0.622 e. The van der Waals surface area contributed by atoms with Crippen molar-refractivity contribution in [3.8, 4) is 0 Å². The van der Waals surface area contributed by atoms with Crippen molar-refractivity contribution < 1.29 is 14.3 Å². The van der Waals surface area contributed by atoms with Crippen LogP contribution in [0.2, 0.25) is 0 Å². The Kier molecular flexibility index (Phi) is 5.69. The SMILES string of the molecule is CCc1nnc([N+]2([O-])CN(CC)CC2OC(=O)C2CC(CC)CO2)s1. The van der Waals surface area contributed by atoms with Crippen LogP contribution in [0, 0.1) is 11.1 Å². The number of aryl methyl sites for hydroxylation is 1. The molecule has 2 aliphatic heterocycles. The molecule has 0 aliphatic carbocycles. The van der Waals surface area contributed by atoms with E-state index in [9.17, 15) is 10.0 Å². The predicted molar refractivity (Wildman–Crippen MR) is 94.6 cm³/mol. The number of carbonyl (C=O) groups is 1. The predicted octanol–water partition coefficient (Wildman–Crippen LogP) is 1.88. The van der Waals surface area contributed by atoms with Crippen LogP contribution in [-0.2, 0) is 20.7 Å². The summed E-state index contributed by atoms with van der Waals surface area (Å²) >= 11 is 1.30. The first-order chi connectivity index (χ1) is 12.0. The molecule has 2 aliphatic rings. The molecular weight excluding hydrogens is 344 g/mol. The van der Waals surface area contributed by atoms with Crippen molar-refractivity contribution in [1.29, 1.82) is 0 Å². The lowest BCUT2D eigenvalue weighted by Crippen LogP contribution is -2.51. The molecule has 0 amide bonds. The third-order valence-electron chi connectivity index (χ3n) is 4.99. The standard InChI is InChI=1S/C16H26N4O4S/c1-4-11-7-12(23-9-11)15(21)24-14-8-19(6-3)10-20(14,22)16-18-17-13(5-2)25-16/h11-12,14H,4-10H2,1-3H3. The number of hydroxylamine groups is 2. The van der Waals surface area contributed by atoms with Crippen molar-refractivity contribution in [1.82, 2.24) is 19.7 Å². The third-order valence-corrected chi connectivity index (χ3v) is 6.17. The van der Waals surface area contributed by atoms with Gasteiger partial charge in [-0.15, -0.1) is 5.10 Å². The summed E-state index contributed by atoms with van der Waals surface area (Å²) in [4.78, 5) is 14.5. The van der Waals surface area contributed by atoms with Crippen LogP contribution < -0.4 is 4.65 Å². The summed E-state index contributed by atoms with van der Waals surface area (Å²) in [7, 11) is 0. The minimum absolute atomic E-state index is 0.218. The molecule has 8 nitrogen and oxygen atoms in total. The number of rotatable bonds is 6. The Balaban J connectivity index is 1.74. The van der Waals surface area contributed by atoms with Gasteiger partial charge >= 0.3 is 11.1 Å². The number of esters is 1. The van der Waals surface area contributed by atoms with Gasteiger partial charge in [0.15, 0.2) is 6.10 Å². The lowest BCUT2D eigenvalue weighted by molar-refractivity contribution is -0.164. The molecule has 9 heteroatoms. The van der Waals surface area contributed by atoms with Crippen LogP contribution >= 0.6 is 11.3 Å². The van der Waals surface area contributed by atoms with E-state index in [0.717, 1.165) is 17.8 Å². The minimum atomic E-state index is -0.825. The number of ether oxygens (including phenoxy) is 2. The maximum atomic E-state index is 13.5. The van der Waals surface area contributed by atoms with E-state index in [-0.39, 0.29) is 6.67 Å². The lowest BCUT2D eigenvalue weighted by atomic mass is 10.0. The molecule has 4 unspecified atom stereocenters. The molecule has 0 aromatic carbocycles. The van der Waals surface area contributed by atoms with Gasteiger partial charge in [0.25, 0.3) is 6.23 Å². The summed E-state index contributed by atoms with van der Waals surface area (Å²) in [6, 6.07) is 0. The molecular formula is C16H26N4O4S. The van der Waals surface area contributed by atoms with Crippen LogP contribution in [0.3, 0.4) is 0 Å². The number of carbonyl (C=O) groups excluding carboxylic acids is 1. The fourth-order valence-electron chi connectivity index (χ4n) is 3.22. The van der Waals surface area contributed by atoms with Gasteiger partial charge in [-0.3, -0.25) is 4.65 Å². The van der Waals surface area contributed by atoms with Gasteiger partial charge in [-0.1, -0.05) is 32.3 Å². The van der Waals surface area contributed by atoms with E-state index in [4.69, 9.17) is 9.47 Å². The zero-order chi connectivity index (χ0) is 18.0. The van der Waals surface area contributed by atoms with Gasteiger partial charge in [-0.25, -0.2) is 9.69 Å². The molecule has 3 heterocycles. The minimum Gasteiger partial charge on any atom is -0.622 e. The first-order valence-electron chi connectivity index (χ1n) is 8.96. The normalized spacial score (nSPS) is 33.0. The number of quaternary nitrogens is 1. The number of hydrogen-bond acceptors (Lipinski definition) is 8. The highest BCUT2D eigenvalue weighted by Gasteiger charge is 2.47. The van der Waals surface area contributed by atoms with Crippen LogP contribution in [0.4, 0.5) is 5.13 Å². The maximum absolute atomic E-state index is 13.5. The van der Waals surface area contributed by atoms with Crippen LogP contribution in [0.5, 0.6) is 0 Å². The Morgan fingerprint density at radius 1 is 1.44 bits per heavy atom. The van der Waals surface area contributed by atoms with Crippen molar-refractivity contribution in [2.45, 2.75) is 52.4 Å². The van der Waals surface area contributed by atoms with Gasteiger partial charge < -0.3 is 14.7 Å². The second-order valence-corrected chi connectivity index (χ2v) is 7.70. The van der Waals surface area contributed by atoms with Gasteiger partial charge in [0.1, 0.15) is 11.7 Å². The van der Waals surface area contributed by atoms with Crippen molar-refractivity contribution >= 4 is 22.4 Å². The molecule has 2 fully saturated rings. The monoisotopic (exact) mass is 370 g/mol. The average Bonchev–Trinajstić information content (AvgIpc) is 3.34. The molecule has 25 heavy (non-hydrogen) atoms. The van der Waals surface area contributed by atoms with E-state index in [0.29, 0.717) is 37.2 Å². The first kappa shape index (κ1) is 18.7. The Bertz CT molecular complexity index is 613. The smallest absolute Gasteiger partial charge is 0.339 e. The highest BCUT2D eigenvalue weighted by atomic mass is 32.1. The molecule has 0 bridgehead atoms. The molecule has 4 atom stereocenters. The summed E-state index contributed by atoms with van der Waals surface area (Å²) in [5, 5.41) is 22.8. The van der Waals surface area contributed by atoms with Crippen LogP contribution in [-0.4, -0.2) is 59.8 Å². The van der Waals surface area contributed by atoms with Crippen molar-refractivity contribution in [2.24, 2.45) is 5.92 Å². The van der Waals surface area contributed by atoms with Crippen LogP contribution in [0.1, 0.15) is 38.6 Å². The number of nitrogens with zero attached hydrogens (tertiary/aromatic N) is 4. The number of hydrogen-bond donors (Lipinski definition) is 0. The van der Waals surface area contributed by atoms with Crippen molar-refractivity contribution in [3.05, 3.63) is 10.2 Å². The summed E-state index contributed by atoms with van der Waals surface area (Å²) in [6.07, 6.45) is 0.984. The van der Waals surface area contributed by atoms with Crippen molar-refractivity contribution in [2.75, 3.05) is 26.4 Å². The Morgan fingerprint density at radius 3 is 2.84 bits per heavy atom. The molecule has 1 aromatic rings. The quantitative estimate of drug-likeness (QED) is 0.429. The van der Waals surface area contributed by atoms with E-state index in [1.807, 2.05) is 18.7 Å². The summed E-state index contributed by atoms with van der Waals surface area (Å²) in [5.41, 5.74) is 0. The van der Waals surface area contributed by atoms with Crippen LogP contribution in [0.25, 0.3) is 0 Å². The highest BCUT2D eigenvalue weighted by molar-refractivity contribution is 7.15. The molecule has 0 saturated carbocycles. The van der Waals surface area contributed by atoms with E-state index in [1.165, 1.54) is 11.3 Å². The molecule has 1 aromatic heterocycles. The van der Waals surface area contributed by atoms with Crippen molar-refractivity contribution in [3.63, 3.8) is 0 Å². The van der Waals surface area contributed by atoms with E-state index in [2.05, 4.69) is 17.1 Å². The van der Waals surface area contributed by atoms with E-state index >= 15 is 0 Å². The average molecular weight is 370 g/mol. The Labute approximate surface area is 151 Å². The first-order valence-corrected chi connectivity index (χ1v) is 9.77. The lowest BCUT2D eigenvalue weighted by Gasteiger charge is -2.38. The molecule has 0 N–H and O–H groups in total. The van der Waals surface area contributed by atoms with Gasteiger partial charge in [-0.2, -0.15) is 0 Å². The van der Waals surface area contributed by atoms with Gasteiger partial charge in [0, 0.05) is 6.54 Å². The summed E-state index contributed by atoms with van der Waals surface area (Å²) in [6.45, 7) is 7.95. The molecule has 140 valence electrons. The second-order valence-electron chi connectivity index (χ2n) is 6.66. The Hall–Kier alpha value is -1.13. The second kappa shape index (κ2) is 7.63. The molecule has 0 spiro atoms. The van der Waals surface area contributed by atoms with Gasteiger partial charge in [-0.05, 0) is 30.1 Å². The Morgan fingerprint density at radius 2 is 2.24 bits per heavy atom. The number of aromatic nitrogens is 2. The molecule has 0 radical (unpaired) electrons.